The molecule has 0 radical (unpaired) electrons. The van der Waals surface area contributed by atoms with E-state index in [1.165, 1.54) is 5.56 Å². The molecule has 2 N–H and O–H groups in total. The van der Waals surface area contributed by atoms with Crippen LogP contribution in [0.15, 0.2) is 30.3 Å². The van der Waals surface area contributed by atoms with E-state index in [4.69, 9.17) is 4.74 Å². The quantitative estimate of drug-likeness (QED) is 0.716. The standard InChI is InChI=1S/C16H26N2O3/c19-9-6-18(12-15-4-2-1-3-5-15)14-16(20)13-17-7-10-21-11-8-17/h1-5,16,19-20H,6-14H2. The Kier molecular flexibility index (Phi) is 7.12. The molecule has 1 aliphatic heterocycles. The van der Waals surface area contributed by atoms with Gasteiger partial charge in [-0.1, -0.05) is 30.3 Å². The minimum atomic E-state index is -0.404. The summed E-state index contributed by atoms with van der Waals surface area (Å²) in [6.07, 6.45) is -0.404. The molecule has 0 aromatic heterocycles. The van der Waals surface area contributed by atoms with Crippen molar-refractivity contribution in [3.8, 4) is 0 Å². The van der Waals surface area contributed by atoms with E-state index in [0.717, 1.165) is 32.8 Å². The van der Waals surface area contributed by atoms with Crippen LogP contribution in [0.25, 0.3) is 0 Å². The zero-order chi connectivity index (χ0) is 14.9. The number of rotatable bonds is 8. The van der Waals surface area contributed by atoms with Gasteiger partial charge in [0.05, 0.1) is 25.9 Å². The second kappa shape index (κ2) is 9.12. The lowest BCUT2D eigenvalue weighted by Crippen LogP contribution is -2.45. The van der Waals surface area contributed by atoms with Crippen molar-refractivity contribution < 1.29 is 14.9 Å². The number of benzene rings is 1. The lowest BCUT2D eigenvalue weighted by molar-refractivity contribution is 0.00512. The zero-order valence-electron chi connectivity index (χ0n) is 12.5. The van der Waals surface area contributed by atoms with Crippen LogP contribution in [-0.2, 0) is 11.3 Å². The summed E-state index contributed by atoms with van der Waals surface area (Å²) in [4.78, 5) is 4.33. The first-order valence-electron chi connectivity index (χ1n) is 7.63. The topological polar surface area (TPSA) is 56.2 Å². The molecule has 1 saturated heterocycles. The fourth-order valence-corrected chi connectivity index (χ4v) is 2.66. The number of morpholine rings is 1. The van der Waals surface area contributed by atoms with E-state index in [-0.39, 0.29) is 6.61 Å². The molecule has 1 unspecified atom stereocenters. The van der Waals surface area contributed by atoms with Crippen LogP contribution in [0.2, 0.25) is 0 Å². The largest absolute Gasteiger partial charge is 0.395 e. The highest BCUT2D eigenvalue weighted by molar-refractivity contribution is 5.14. The molecular formula is C16H26N2O3. The van der Waals surface area contributed by atoms with Gasteiger partial charge in [-0.05, 0) is 5.56 Å². The highest BCUT2D eigenvalue weighted by atomic mass is 16.5. The van der Waals surface area contributed by atoms with Crippen LogP contribution >= 0.6 is 0 Å². The summed E-state index contributed by atoms with van der Waals surface area (Å²) in [5, 5.41) is 19.5. The van der Waals surface area contributed by atoms with Crippen molar-refractivity contribution in [2.24, 2.45) is 0 Å². The van der Waals surface area contributed by atoms with Gasteiger partial charge in [-0.3, -0.25) is 9.80 Å². The molecule has 1 atom stereocenters. The van der Waals surface area contributed by atoms with E-state index in [1.54, 1.807) is 0 Å². The van der Waals surface area contributed by atoms with Gasteiger partial charge in [-0.2, -0.15) is 0 Å². The summed E-state index contributed by atoms with van der Waals surface area (Å²) in [6, 6.07) is 10.2. The predicted molar refractivity (Wildman–Crippen MR) is 82.1 cm³/mol. The van der Waals surface area contributed by atoms with Crippen LogP contribution in [0.3, 0.4) is 0 Å². The molecule has 5 nitrogen and oxygen atoms in total. The smallest absolute Gasteiger partial charge is 0.0793 e. The minimum absolute atomic E-state index is 0.108. The minimum Gasteiger partial charge on any atom is -0.395 e. The molecule has 0 saturated carbocycles. The van der Waals surface area contributed by atoms with Gasteiger partial charge in [0.2, 0.25) is 0 Å². The molecule has 1 aromatic rings. The summed E-state index contributed by atoms with van der Waals surface area (Å²) >= 11 is 0. The Bertz CT molecular complexity index is 382. The molecule has 0 amide bonds. The number of ether oxygens (including phenoxy) is 1. The number of nitrogens with zero attached hydrogens (tertiary/aromatic N) is 2. The number of β-amino-alcohol motifs (C(OH)–C–C–N with tert-alkyl or cyclic N) is 1. The molecule has 21 heavy (non-hydrogen) atoms. The Morgan fingerprint density at radius 2 is 1.90 bits per heavy atom. The first-order chi connectivity index (χ1) is 10.3. The van der Waals surface area contributed by atoms with Gasteiger partial charge >= 0.3 is 0 Å². The van der Waals surface area contributed by atoms with Gasteiger partial charge in [-0.25, -0.2) is 0 Å². The lowest BCUT2D eigenvalue weighted by atomic mass is 10.2. The number of hydrogen-bond donors (Lipinski definition) is 2. The molecular weight excluding hydrogens is 268 g/mol. The van der Waals surface area contributed by atoms with Crippen molar-refractivity contribution in [2.45, 2.75) is 12.6 Å². The normalized spacial score (nSPS) is 18.0. The Labute approximate surface area is 126 Å². The van der Waals surface area contributed by atoms with Crippen molar-refractivity contribution in [1.29, 1.82) is 0 Å². The third-order valence-corrected chi connectivity index (χ3v) is 3.71. The SMILES string of the molecule is OCCN(Cc1ccccc1)CC(O)CN1CCOCC1. The number of aliphatic hydroxyl groups excluding tert-OH is 2. The molecule has 118 valence electrons. The maximum absolute atomic E-state index is 10.3. The summed E-state index contributed by atoms with van der Waals surface area (Å²) in [5.41, 5.74) is 1.20. The Hall–Kier alpha value is -0.980. The maximum Gasteiger partial charge on any atom is 0.0793 e. The van der Waals surface area contributed by atoms with Gasteiger partial charge in [-0.15, -0.1) is 0 Å². The molecule has 1 fully saturated rings. The molecule has 1 heterocycles. The molecule has 2 rings (SSSR count). The van der Waals surface area contributed by atoms with E-state index in [2.05, 4.69) is 21.9 Å². The molecule has 0 bridgehead atoms. The second-order valence-corrected chi connectivity index (χ2v) is 5.51. The van der Waals surface area contributed by atoms with E-state index in [1.807, 2.05) is 18.2 Å². The first-order valence-corrected chi connectivity index (χ1v) is 7.63. The Morgan fingerprint density at radius 1 is 1.19 bits per heavy atom. The second-order valence-electron chi connectivity index (χ2n) is 5.51. The van der Waals surface area contributed by atoms with Gasteiger partial charge in [0.25, 0.3) is 0 Å². The highest BCUT2D eigenvalue weighted by Crippen LogP contribution is 2.06. The van der Waals surface area contributed by atoms with Crippen LogP contribution < -0.4 is 0 Å². The highest BCUT2D eigenvalue weighted by Gasteiger charge is 2.17. The fraction of sp³-hybridized carbons (Fsp3) is 0.625. The average Bonchev–Trinajstić information content (AvgIpc) is 2.49. The third-order valence-electron chi connectivity index (χ3n) is 3.71. The van der Waals surface area contributed by atoms with E-state index >= 15 is 0 Å². The van der Waals surface area contributed by atoms with Gasteiger partial charge in [0, 0.05) is 39.3 Å². The van der Waals surface area contributed by atoms with Crippen molar-refractivity contribution in [1.82, 2.24) is 9.80 Å². The van der Waals surface area contributed by atoms with Crippen LogP contribution in [0.5, 0.6) is 0 Å². The summed E-state index contributed by atoms with van der Waals surface area (Å²) < 4.78 is 5.31. The van der Waals surface area contributed by atoms with Gasteiger partial charge in [0.15, 0.2) is 0 Å². The van der Waals surface area contributed by atoms with Crippen LogP contribution in [0.4, 0.5) is 0 Å². The summed E-state index contributed by atoms with van der Waals surface area (Å²) in [5.74, 6) is 0. The Balaban J connectivity index is 1.80. The van der Waals surface area contributed by atoms with Gasteiger partial charge in [0.1, 0.15) is 0 Å². The van der Waals surface area contributed by atoms with Crippen molar-refractivity contribution in [3.05, 3.63) is 35.9 Å². The van der Waals surface area contributed by atoms with E-state index in [0.29, 0.717) is 19.6 Å². The van der Waals surface area contributed by atoms with Crippen LogP contribution in [0, 0.1) is 0 Å². The first kappa shape index (κ1) is 16.4. The maximum atomic E-state index is 10.3. The number of aliphatic hydroxyl groups is 2. The lowest BCUT2D eigenvalue weighted by Gasteiger charge is -2.31. The fourth-order valence-electron chi connectivity index (χ4n) is 2.66. The molecule has 1 aromatic carbocycles. The van der Waals surface area contributed by atoms with Crippen molar-refractivity contribution in [3.63, 3.8) is 0 Å². The van der Waals surface area contributed by atoms with Crippen LogP contribution in [-0.4, -0.2) is 78.7 Å². The predicted octanol–water partition coefficient (Wildman–Crippen LogP) is 0.174. The number of hydrogen-bond acceptors (Lipinski definition) is 5. The summed E-state index contributed by atoms with van der Waals surface area (Å²) in [7, 11) is 0. The van der Waals surface area contributed by atoms with E-state index < -0.39 is 6.10 Å². The van der Waals surface area contributed by atoms with Gasteiger partial charge < -0.3 is 14.9 Å². The molecule has 5 heteroatoms. The summed E-state index contributed by atoms with van der Waals surface area (Å²) in [6.45, 7) is 5.94. The van der Waals surface area contributed by atoms with E-state index in [9.17, 15) is 10.2 Å². The Morgan fingerprint density at radius 3 is 2.57 bits per heavy atom. The van der Waals surface area contributed by atoms with Crippen LogP contribution in [0.1, 0.15) is 5.56 Å². The molecule has 1 aliphatic rings. The molecule has 0 spiro atoms. The molecule has 0 aliphatic carbocycles. The zero-order valence-corrected chi connectivity index (χ0v) is 12.5. The third kappa shape index (κ3) is 6.11. The van der Waals surface area contributed by atoms with Crippen molar-refractivity contribution in [2.75, 3.05) is 52.5 Å². The van der Waals surface area contributed by atoms with Crippen molar-refractivity contribution >= 4 is 0 Å². The average molecular weight is 294 g/mol. The monoisotopic (exact) mass is 294 g/mol.